The number of anilines is 1. The highest BCUT2D eigenvalue weighted by Crippen LogP contribution is 2.24. The molecule has 0 fully saturated rings. The highest BCUT2D eigenvalue weighted by molar-refractivity contribution is 5.92. The summed E-state index contributed by atoms with van der Waals surface area (Å²) >= 11 is 0. The fraction of sp³-hybridized carbons (Fsp3) is 0.0800. The second-order valence-electron chi connectivity index (χ2n) is 7.48. The topological polar surface area (TPSA) is 77.6 Å². The maximum absolute atomic E-state index is 13.2. The number of halogens is 1. The SMILES string of the molecule is COc1cccc(-c2cc(=O)n3c4ccccc4n(CC(=O)Nc4ccc(F)cc4)c3n2)c1. The molecule has 0 bridgehead atoms. The minimum absolute atomic E-state index is 0.0810. The highest BCUT2D eigenvalue weighted by atomic mass is 19.1. The lowest BCUT2D eigenvalue weighted by molar-refractivity contribution is -0.116. The maximum Gasteiger partial charge on any atom is 0.260 e. The number of ether oxygens (including phenoxy) is 1. The number of carbonyl (C=O) groups excluding carboxylic acids is 1. The fourth-order valence-corrected chi connectivity index (χ4v) is 3.83. The third-order valence-electron chi connectivity index (χ3n) is 5.35. The van der Waals surface area contributed by atoms with Crippen LogP contribution in [0.2, 0.25) is 0 Å². The van der Waals surface area contributed by atoms with Crippen LogP contribution in [0.3, 0.4) is 0 Å². The van der Waals surface area contributed by atoms with Gasteiger partial charge in [0.1, 0.15) is 18.1 Å². The largest absolute Gasteiger partial charge is 0.497 e. The zero-order valence-electron chi connectivity index (χ0n) is 17.7. The van der Waals surface area contributed by atoms with Crippen LogP contribution >= 0.6 is 0 Å². The van der Waals surface area contributed by atoms with Crippen molar-refractivity contribution in [1.82, 2.24) is 14.0 Å². The van der Waals surface area contributed by atoms with Gasteiger partial charge in [0.05, 0.1) is 23.8 Å². The summed E-state index contributed by atoms with van der Waals surface area (Å²) in [5.41, 5.74) is 2.76. The van der Waals surface area contributed by atoms with Gasteiger partial charge >= 0.3 is 0 Å². The first-order chi connectivity index (χ1) is 16.0. The molecule has 0 unspecified atom stereocenters. The van der Waals surface area contributed by atoms with Crippen molar-refractivity contribution in [3.05, 3.63) is 95.0 Å². The van der Waals surface area contributed by atoms with Gasteiger partial charge in [0.2, 0.25) is 11.7 Å². The number of amides is 1. The molecule has 7 nitrogen and oxygen atoms in total. The molecular formula is C25H19FN4O3. The molecule has 0 atom stereocenters. The molecule has 8 heteroatoms. The van der Waals surface area contributed by atoms with E-state index in [9.17, 15) is 14.0 Å². The average Bonchev–Trinajstić information content (AvgIpc) is 3.14. The van der Waals surface area contributed by atoms with Crippen molar-refractivity contribution in [2.75, 3.05) is 12.4 Å². The molecule has 164 valence electrons. The lowest BCUT2D eigenvalue weighted by Crippen LogP contribution is -2.20. The monoisotopic (exact) mass is 442 g/mol. The molecule has 0 spiro atoms. The molecule has 5 aromatic rings. The van der Waals surface area contributed by atoms with Gasteiger partial charge in [-0.1, -0.05) is 24.3 Å². The lowest BCUT2D eigenvalue weighted by Gasteiger charge is -2.09. The summed E-state index contributed by atoms with van der Waals surface area (Å²) in [4.78, 5) is 30.7. The summed E-state index contributed by atoms with van der Waals surface area (Å²) in [6.07, 6.45) is 0. The Balaban J connectivity index is 1.63. The van der Waals surface area contributed by atoms with Gasteiger partial charge in [-0.05, 0) is 48.5 Å². The number of nitrogens with zero attached hydrogens (tertiary/aromatic N) is 3. The van der Waals surface area contributed by atoms with E-state index in [0.717, 1.165) is 5.56 Å². The number of aromatic nitrogens is 3. The average molecular weight is 442 g/mol. The number of para-hydroxylation sites is 2. The van der Waals surface area contributed by atoms with Crippen molar-refractivity contribution in [2.45, 2.75) is 6.54 Å². The van der Waals surface area contributed by atoms with Crippen molar-refractivity contribution < 1.29 is 13.9 Å². The van der Waals surface area contributed by atoms with Crippen molar-refractivity contribution in [2.24, 2.45) is 0 Å². The molecule has 1 N–H and O–H groups in total. The molecule has 0 saturated carbocycles. The van der Waals surface area contributed by atoms with Gasteiger partial charge in [0, 0.05) is 17.3 Å². The van der Waals surface area contributed by atoms with Gasteiger partial charge in [-0.15, -0.1) is 0 Å². The lowest BCUT2D eigenvalue weighted by atomic mass is 10.1. The fourth-order valence-electron chi connectivity index (χ4n) is 3.83. The van der Waals surface area contributed by atoms with Crippen LogP contribution in [0.5, 0.6) is 5.75 Å². The third kappa shape index (κ3) is 3.82. The summed E-state index contributed by atoms with van der Waals surface area (Å²) in [6.45, 7) is -0.0810. The molecule has 1 amide bonds. The van der Waals surface area contributed by atoms with Gasteiger partial charge in [-0.3, -0.25) is 9.59 Å². The third-order valence-corrected chi connectivity index (χ3v) is 5.35. The van der Waals surface area contributed by atoms with E-state index >= 15 is 0 Å². The van der Waals surface area contributed by atoms with Gasteiger partial charge in [-0.25, -0.2) is 13.8 Å². The number of methoxy groups -OCH3 is 1. The van der Waals surface area contributed by atoms with Crippen LogP contribution in [-0.2, 0) is 11.3 Å². The van der Waals surface area contributed by atoms with Crippen molar-refractivity contribution in [3.8, 4) is 17.0 Å². The second-order valence-corrected chi connectivity index (χ2v) is 7.48. The molecule has 0 saturated heterocycles. The molecule has 3 aromatic carbocycles. The first kappa shape index (κ1) is 20.4. The Hall–Kier alpha value is -4.46. The number of fused-ring (bicyclic) bond motifs is 3. The zero-order valence-corrected chi connectivity index (χ0v) is 17.7. The Morgan fingerprint density at radius 3 is 2.52 bits per heavy atom. The van der Waals surface area contributed by atoms with Gasteiger partial charge in [-0.2, -0.15) is 0 Å². The summed E-state index contributed by atoms with van der Waals surface area (Å²) < 4.78 is 21.6. The summed E-state index contributed by atoms with van der Waals surface area (Å²) in [6, 6.07) is 21.6. The van der Waals surface area contributed by atoms with E-state index in [4.69, 9.17) is 9.72 Å². The second kappa shape index (κ2) is 8.23. The van der Waals surface area contributed by atoms with E-state index in [-0.39, 0.29) is 23.8 Å². The zero-order chi connectivity index (χ0) is 22.9. The normalized spacial score (nSPS) is 11.1. The molecule has 0 aliphatic carbocycles. The molecule has 33 heavy (non-hydrogen) atoms. The maximum atomic E-state index is 13.2. The van der Waals surface area contributed by atoms with Crippen LogP contribution in [0.15, 0.2) is 83.7 Å². The molecule has 5 rings (SSSR count). The van der Waals surface area contributed by atoms with Crippen molar-refractivity contribution in [3.63, 3.8) is 0 Å². The molecule has 2 heterocycles. The predicted molar refractivity (Wildman–Crippen MR) is 124 cm³/mol. The van der Waals surface area contributed by atoms with Crippen LogP contribution in [0, 0.1) is 5.82 Å². The van der Waals surface area contributed by atoms with Crippen molar-refractivity contribution >= 4 is 28.4 Å². The quantitative estimate of drug-likeness (QED) is 0.445. The Morgan fingerprint density at radius 2 is 1.76 bits per heavy atom. The van der Waals surface area contributed by atoms with E-state index in [2.05, 4.69) is 5.32 Å². The Bertz CT molecular complexity index is 1550. The number of rotatable bonds is 5. The minimum atomic E-state index is -0.385. The smallest absolute Gasteiger partial charge is 0.260 e. The Kier molecular flexibility index (Phi) is 5.10. The van der Waals surface area contributed by atoms with Crippen LogP contribution in [0.1, 0.15) is 0 Å². The Morgan fingerprint density at radius 1 is 1.00 bits per heavy atom. The summed E-state index contributed by atoms with van der Waals surface area (Å²) in [5.74, 6) is 0.277. The van der Waals surface area contributed by atoms with Crippen molar-refractivity contribution in [1.29, 1.82) is 0 Å². The minimum Gasteiger partial charge on any atom is -0.497 e. The summed E-state index contributed by atoms with van der Waals surface area (Å²) in [5, 5.41) is 2.75. The standard InChI is InChI=1S/C25H19FN4O3/c1-33-19-6-4-5-16(13-19)20-14-24(32)30-22-8-3-2-7-21(22)29(25(30)28-20)15-23(31)27-18-11-9-17(26)10-12-18/h2-14H,15H2,1H3,(H,27,31). The number of imidazole rings is 1. The highest BCUT2D eigenvalue weighted by Gasteiger charge is 2.17. The predicted octanol–water partition coefficient (Wildman–Crippen LogP) is 4.10. The summed E-state index contributed by atoms with van der Waals surface area (Å²) in [7, 11) is 1.57. The van der Waals surface area contributed by atoms with E-state index in [0.29, 0.717) is 33.9 Å². The van der Waals surface area contributed by atoms with Gasteiger partial charge < -0.3 is 14.6 Å². The van der Waals surface area contributed by atoms with E-state index in [1.165, 1.54) is 34.7 Å². The number of hydrogen-bond donors (Lipinski definition) is 1. The number of hydrogen-bond acceptors (Lipinski definition) is 4. The number of nitrogens with one attached hydrogen (secondary N) is 1. The first-order valence-electron chi connectivity index (χ1n) is 10.2. The molecule has 2 aromatic heterocycles. The molecule has 0 radical (unpaired) electrons. The van der Waals surface area contributed by atoms with E-state index in [1.54, 1.807) is 17.7 Å². The molecule has 0 aliphatic rings. The molecular weight excluding hydrogens is 423 g/mol. The number of benzene rings is 3. The first-order valence-corrected chi connectivity index (χ1v) is 10.2. The Labute approximate surface area is 187 Å². The number of carbonyl (C=O) groups is 1. The van der Waals surface area contributed by atoms with E-state index in [1.807, 2.05) is 42.5 Å². The molecule has 0 aliphatic heterocycles. The van der Waals surface area contributed by atoms with Crippen LogP contribution in [0.4, 0.5) is 10.1 Å². The van der Waals surface area contributed by atoms with Crippen LogP contribution < -0.4 is 15.6 Å². The van der Waals surface area contributed by atoms with Crippen LogP contribution in [-0.4, -0.2) is 27.0 Å². The van der Waals surface area contributed by atoms with Gasteiger partial charge in [0.15, 0.2) is 0 Å². The van der Waals surface area contributed by atoms with E-state index < -0.39 is 0 Å². The van der Waals surface area contributed by atoms with Gasteiger partial charge in [0.25, 0.3) is 5.56 Å². The van der Waals surface area contributed by atoms with Crippen LogP contribution in [0.25, 0.3) is 28.1 Å².